The van der Waals surface area contributed by atoms with E-state index in [0.717, 1.165) is 24.8 Å². The Hall–Kier alpha value is -4.71. The molecule has 0 spiro atoms. The lowest BCUT2D eigenvalue weighted by Crippen LogP contribution is -2.34. The van der Waals surface area contributed by atoms with E-state index in [1.54, 1.807) is 47.8 Å². The first kappa shape index (κ1) is 25.0. The van der Waals surface area contributed by atoms with Crippen LogP contribution in [0.1, 0.15) is 55.3 Å². The first-order valence-electron chi connectivity index (χ1n) is 12.7. The highest BCUT2D eigenvalue weighted by Gasteiger charge is 2.27. The molecule has 2 amide bonds. The van der Waals surface area contributed by atoms with E-state index in [2.05, 4.69) is 27.1 Å². The molecule has 1 fully saturated rings. The van der Waals surface area contributed by atoms with Crippen LogP contribution < -0.4 is 11.1 Å². The van der Waals surface area contributed by atoms with Crippen LogP contribution >= 0.6 is 0 Å². The molecule has 4 aromatic rings. The molecule has 1 aliphatic carbocycles. The van der Waals surface area contributed by atoms with Gasteiger partial charge in [-0.05, 0) is 56.4 Å². The number of benzene rings is 1. The number of nitrogens with zero attached hydrogens (tertiary/aromatic N) is 5. The highest BCUT2D eigenvalue weighted by atomic mass is 16.2. The first-order valence-corrected chi connectivity index (χ1v) is 12.7. The molecule has 9 heteroatoms. The Labute approximate surface area is 221 Å². The number of rotatable bonds is 7. The average Bonchev–Trinajstić information content (AvgIpc) is 3.69. The van der Waals surface area contributed by atoms with Gasteiger partial charge in [-0.15, -0.1) is 0 Å². The van der Waals surface area contributed by atoms with Gasteiger partial charge in [0.1, 0.15) is 28.7 Å². The lowest BCUT2D eigenvalue weighted by Gasteiger charge is -2.26. The fraction of sp³-hybridized carbons (Fsp3) is 0.276. The normalized spacial score (nSPS) is 13.4. The number of nitrogen functional groups attached to an aromatic ring is 1. The summed E-state index contributed by atoms with van der Waals surface area (Å²) in [6.45, 7) is 4.54. The molecule has 192 valence electrons. The maximum absolute atomic E-state index is 13.0. The molecule has 9 nitrogen and oxygen atoms in total. The summed E-state index contributed by atoms with van der Waals surface area (Å²) in [5.74, 6) is 7.26. The van der Waals surface area contributed by atoms with Gasteiger partial charge in [0, 0.05) is 42.2 Å². The van der Waals surface area contributed by atoms with E-state index in [9.17, 15) is 9.59 Å². The van der Waals surface area contributed by atoms with Crippen molar-refractivity contribution in [2.45, 2.75) is 39.2 Å². The van der Waals surface area contributed by atoms with Gasteiger partial charge >= 0.3 is 0 Å². The minimum Gasteiger partial charge on any atom is -0.382 e. The van der Waals surface area contributed by atoms with Gasteiger partial charge in [-0.2, -0.15) is 0 Å². The van der Waals surface area contributed by atoms with E-state index in [0.29, 0.717) is 46.7 Å². The Morgan fingerprint density at radius 2 is 1.95 bits per heavy atom. The first-order chi connectivity index (χ1) is 18.5. The second-order valence-electron chi connectivity index (χ2n) is 9.31. The second kappa shape index (κ2) is 10.7. The van der Waals surface area contributed by atoms with Gasteiger partial charge in [0.15, 0.2) is 0 Å². The summed E-state index contributed by atoms with van der Waals surface area (Å²) in [7, 11) is 0. The van der Waals surface area contributed by atoms with Crippen molar-refractivity contribution in [2.24, 2.45) is 5.92 Å². The molecule has 1 aromatic carbocycles. The largest absolute Gasteiger partial charge is 0.382 e. The average molecular weight is 508 g/mol. The lowest BCUT2D eigenvalue weighted by molar-refractivity contribution is -0.127. The topological polar surface area (TPSA) is 119 Å². The Morgan fingerprint density at radius 1 is 1.16 bits per heavy atom. The molecule has 0 radical (unpaired) electrons. The van der Waals surface area contributed by atoms with Gasteiger partial charge in [-0.3, -0.25) is 14.0 Å². The number of hydrogen-bond acceptors (Lipinski definition) is 6. The smallest absolute Gasteiger partial charge is 0.299 e. The van der Waals surface area contributed by atoms with Gasteiger partial charge < -0.3 is 16.0 Å². The third-order valence-corrected chi connectivity index (χ3v) is 6.46. The molecular weight excluding hydrogens is 478 g/mol. The Morgan fingerprint density at radius 3 is 2.63 bits per heavy atom. The molecule has 3 N–H and O–H groups in total. The number of hydrogen-bond donors (Lipinski definition) is 2. The summed E-state index contributed by atoms with van der Waals surface area (Å²) >= 11 is 0. The molecule has 3 aromatic heterocycles. The third-order valence-electron chi connectivity index (χ3n) is 6.46. The molecule has 0 bridgehead atoms. The van der Waals surface area contributed by atoms with Crippen LogP contribution in [-0.4, -0.2) is 42.6 Å². The number of nitrogens with two attached hydrogens (primary N) is 1. The zero-order valence-corrected chi connectivity index (χ0v) is 21.4. The van der Waals surface area contributed by atoms with Gasteiger partial charge in [0.25, 0.3) is 11.8 Å². The molecule has 0 unspecified atom stereocenters. The molecule has 1 saturated carbocycles. The van der Waals surface area contributed by atoms with Crippen LogP contribution in [0, 0.1) is 17.8 Å². The summed E-state index contributed by atoms with van der Waals surface area (Å²) in [6, 6.07) is 12.1. The second-order valence-corrected chi connectivity index (χ2v) is 9.31. The number of aromatic nitrogens is 4. The van der Waals surface area contributed by atoms with E-state index < -0.39 is 0 Å². The highest BCUT2D eigenvalue weighted by molar-refractivity contribution is 6.04. The Kier molecular flexibility index (Phi) is 7.05. The Bertz CT molecular complexity index is 1530. The van der Waals surface area contributed by atoms with E-state index >= 15 is 0 Å². The number of carbonyl (C=O) groups excluding carboxylic acids is 2. The molecule has 38 heavy (non-hydrogen) atoms. The quantitative estimate of drug-likeness (QED) is 0.359. The van der Waals surface area contributed by atoms with Crippen molar-refractivity contribution in [1.29, 1.82) is 0 Å². The predicted molar refractivity (Wildman–Crippen MR) is 146 cm³/mol. The van der Waals surface area contributed by atoms with Crippen LogP contribution in [0.5, 0.6) is 0 Å². The fourth-order valence-corrected chi connectivity index (χ4v) is 4.30. The molecule has 5 rings (SSSR count). The van der Waals surface area contributed by atoms with Crippen molar-refractivity contribution in [3.05, 3.63) is 72.4 Å². The monoisotopic (exact) mass is 507 g/mol. The van der Waals surface area contributed by atoms with Crippen molar-refractivity contribution in [3.8, 4) is 23.1 Å². The SMILES string of the molecule is CCCN(C(=O)C#CC1CC1)[C@@H](C)c1nc(-c2ccc(C(=O)Nc3ccccn3)cc2)c2c(N)nccn12. The Balaban J connectivity index is 1.47. The van der Waals surface area contributed by atoms with Crippen molar-refractivity contribution in [2.75, 3.05) is 17.6 Å². The maximum atomic E-state index is 13.0. The number of carbonyl (C=O) groups is 2. The summed E-state index contributed by atoms with van der Waals surface area (Å²) in [5, 5.41) is 2.78. The van der Waals surface area contributed by atoms with Crippen LogP contribution in [0.3, 0.4) is 0 Å². The number of pyridine rings is 1. The number of imidazole rings is 1. The standard InChI is InChI=1S/C29H29N7O2/c1-3-17-35(24(37)14-9-20-7-8-20)19(2)28-34-25(26-27(30)32-16-18-36(26)28)21-10-12-22(13-11-21)29(38)33-23-6-4-5-15-31-23/h4-6,10-13,15-16,18-20H,3,7-8,17H2,1-2H3,(H2,30,32)(H,31,33,38)/t19-/m0/s1. The zero-order valence-electron chi connectivity index (χ0n) is 21.4. The maximum Gasteiger partial charge on any atom is 0.299 e. The van der Waals surface area contributed by atoms with Gasteiger partial charge in [-0.1, -0.05) is 31.0 Å². The minimum absolute atomic E-state index is 0.199. The van der Waals surface area contributed by atoms with Gasteiger partial charge in [0.2, 0.25) is 0 Å². The molecule has 0 saturated heterocycles. The number of amides is 2. The van der Waals surface area contributed by atoms with Crippen molar-refractivity contribution in [3.63, 3.8) is 0 Å². The van der Waals surface area contributed by atoms with Crippen LogP contribution in [0.15, 0.2) is 61.1 Å². The molecule has 1 aliphatic rings. The van der Waals surface area contributed by atoms with Crippen LogP contribution in [0.2, 0.25) is 0 Å². The highest BCUT2D eigenvalue weighted by Crippen LogP contribution is 2.32. The van der Waals surface area contributed by atoms with E-state index in [-0.39, 0.29) is 17.9 Å². The number of nitrogens with one attached hydrogen (secondary N) is 1. The number of anilines is 2. The number of fused-ring (bicyclic) bond motifs is 1. The van der Waals surface area contributed by atoms with Crippen molar-refractivity contribution >= 4 is 29.0 Å². The minimum atomic E-state index is -0.345. The fourth-order valence-electron chi connectivity index (χ4n) is 4.30. The van der Waals surface area contributed by atoms with Crippen molar-refractivity contribution in [1.82, 2.24) is 24.3 Å². The summed E-state index contributed by atoms with van der Waals surface area (Å²) < 4.78 is 1.88. The molecule has 0 aliphatic heterocycles. The van der Waals surface area contributed by atoms with E-state index in [1.165, 1.54) is 0 Å². The third kappa shape index (κ3) is 5.20. The predicted octanol–water partition coefficient (Wildman–Crippen LogP) is 4.34. The van der Waals surface area contributed by atoms with Crippen LogP contribution in [-0.2, 0) is 4.79 Å². The molecule has 1 atom stereocenters. The zero-order chi connectivity index (χ0) is 26.6. The summed E-state index contributed by atoms with van der Waals surface area (Å²) in [6.07, 6.45) is 7.96. The van der Waals surface area contributed by atoms with Gasteiger partial charge in [0.05, 0.1) is 6.04 Å². The van der Waals surface area contributed by atoms with Crippen molar-refractivity contribution < 1.29 is 9.59 Å². The van der Waals surface area contributed by atoms with Crippen LogP contribution in [0.4, 0.5) is 11.6 Å². The summed E-state index contributed by atoms with van der Waals surface area (Å²) in [5.41, 5.74) is 8.84. The lowest BCUT2D eigenvalue weighted by atomic mass is 10.1. The molecular formula is C29H29N7O2. The van der Waals surface area contributed by atoms with E-state index in [4.69, 9.17) is 10.7 Å². The summed E-state index contributed by atoms with van der Waals surface area (Å²) in [4.78, 5) is 40.8. The van der Waals surface area contributed by atoms with Gasteiger partial charge in [-0.25, -0.2) is 15.0 Å². The van der Waals surface area contributed by atoms with E-state index in [1.807, 2.05) is 36.4 Å². The molecule has 3 heterocycles. The van der Waals surface area contributed by atoms with Crippen LogP contribution in [0.25, 0.3) is 16.8 Å².